The van der Waals surface area contributed by atoms with Gasteiger partial charge in [0, 0.05) is 24.1 Å². The maximum absolute atomic E-state index is 12.9. The number of hydrogen-bond donors (Lipinski definition) is 1. The minimum atomic E-state index is -4.47. The molecule has 28 heavy (non-hydrogen) atoms. The van der Waals surface area contributed by atoms with E-state index in [1.807, 2.05) is 12.1 Å². The summed E-state index contributed by atoms with van der Waals surface area (Å²) >= 11 is 1.56. The van der Waals surface area contributed by atoms with Gasteiger partial charge in [-0.25, -0.2) is 4.79 Å². The zero-order valence-electron chi connectivity index (χ0n) is 15.2. The SMILES string of the molecule is COc1cc(OC)cc(C2SCCN2C(=O)Nc2cccc(C(F)(F)F)c2)c1. The Bertz CT molecular complexity index is 838. The Kier molecular flexibility index (Phi) is 5.93. The number of thioether (sulfide) groups is 1. The number of anilines is 1. The average molecular weight is 412 g/mol. The van der Waals surface area contributed by atoms with Crippen LogP contribution in [-0.2, 0) is 6.18 Å². The molecule has 1 unspecified atom stereocenters. The third-order valence-electron chi connectivity index (χ3n) is 4.25. The van der Waals surface area contributed by atoms with Crippen molar-refractivity contribution >= 4 is 23.5 Å². The van der Waals surface area contributed by atoms with Crippen molar-refractivity contribution < 1.29 is 27.4 Å². The van der Waals surface area contributed by atoms with Crippen LogP contribution in [0.25, 0.3) is 0 Å². The number of methoxy groups -OCH3 is 2. The van der Waals surface area contributed by atoms with E-state index in [4.69, 9.17) is 9.47 Å². The van der Waals surface area contributed by atoms with Crippen molar-refractivity contribution in [3.8, 4) is 11.5 Å². The molecule has 1 heterocycles. The van der Waals surface area contributed by atoms with Gasteiger partial charge in [0.1, 0.15) is 16.9 Å². The Hall–Kier alpha value is -2.55. The highest BCUT2D eigenvalue weighted by Gasteiger charge is 2.33. The Morgan fingerprint density at radius 2 is 1.82 bits per heavy atom. The second-order valence-electron chi connectivity index (χ2n) is 6.07. The van der Waals surface area contributed by atoms with Crippen LogP contribution in [0, 0.1) is 0 Å². The molecular weight excluding hydrogens is 393 g/mol. The summed E-state index contributed by atoms with van der Waals surface area (Å²) in [6.07, 6.45) is -4.47. The fraction of sp³-hybridized carbons (Fsp3) is 0.316. The first kappa shape index (κ1) is 20.2. The molecule has 0 spiro atoms. The highest BCUT2D eigenvalue weighted by atomic mass is 32.2. The lowest BCUT2D eigenvalue weighted by molar-refractivity contribution is -0.137. The Morgan fingerprint density at radius 3 is 2.43 bits per heavy atom. The molecule has 0 radical (unpaired) electrons. The summed E-state index contributed by atoms with van der Waals surface area (Å²) in [6.45, 7) is 0.472. The fourth-order valence-electron chi connectivity index (χ4n) is 2.89. The number of urea groups is 1. The first-order valence-electron chi connectivity index (χ1n) is 8.41. The van der Waals surface area contributed by atoms with E-state index >= 15 is 0 Å². The molecule has 150 valence electrons. The minimum absolute atomic E-state index is 0.0960. The molecule has 1 fully saturated rings. The van der Waals surface area contributed by atoms with Crippen molar-refractivity contribution in [2.75, 3.05) is 31.8 Å². The van der Waals surface area contributed by atoms with Crippen molar-refractivity contribution in [3.05, 3.63) is 53.6 Å². The number of benzene rings is 2. The summed E-state index contributed by atoms with van der Waals surface area (Å²) in [4.78, 5) is 14.3. The predicted octanol–water partition coefficient (Wildman–Crippen LogP) is 5.00. The summed E-state index contributed by atoms with van der Waals surface area (Å²) < 4.78 is 49.2. The molecule has 1 aliphatic heterocycles. The topological polar surface area (TPSA) is 50.8 Å². The van der Waals surface area contributed by atoms with Gasteiger partial charge in [-0.15, -0.1) is 11.8 Å². The van der Waals surface area contributed by atoms with E-state index in [0.29, 0.717) is 23.8 Å². The van der Waals surface area contributed by atoms with Gasteiger partial charge in [-0.1, -0.05) is 6.07 Å². The summed E-state index contributed by atoms with van der Waals surface area (Å²) in [5.41, 5.74) is 0.103. The van der Waals surface area contributed by atoms with Gasteiger partial charge in [0.05, 0.1) is 19.8 Å². The predicted molar refractivity (Wildman–Crippen MR) is 102 cm³/mol. The maximum atomic E-state index is 12.9. The van der Waals surface area contributed by atoms with E-state index in [1.54, 1.807) is 36.9 Å². The van der Waals surface area contributed by atoms with E-state index < -0.39 is 17.8 Å². The molecule has 0 saturated carbocycles. The Morgan fingerprint density at radius 1 is 1.14 bits per heavy atom. The zero-order chi connectivity index (χ0) is 20.3. The number of carbonyl (C=O) groups excluding carboxylic acids is 1. The van der Waals surface area contributed by atoms with Crippen LogP contribution in [0.3, 0.4) is 0 Å². The molecule has 0 aromatic heterocycles. The van der Waals surface area contributed by atoms with Crippen molar-refractivity contribution in [1.82, 2.24) is 4.90 Å². The third kappa shape index (κ3) is 4.46. The number of amides is 2. The first-order chi connectivity index (χ1) is 13.3. The molecule has 2 aromatic rings. The number of alkyl halides is 3. The van der Waals surface area contributed by atoms with Crippen molar-refractivity contribution in [1.29, 1.82) is 0 Å². The maximum Gasteiger partial charge on any atom is 0.416 e. The Labute approximate surface area is 164 Å². The highest BCUT2D eigenvalue weighted by Crippen LogP contribution is 2.41. The molecule has 1 aliphatic rings. The van der Waals surface area contributed by atoms with Crippen LogP contribution in [0.15, 0.2) is 42.5 Å². The van der Waals surface area contributed by atoms with E-state index in [1.165, 1.54) is 12.1 Å². The first-order valence-corrected chi connectivity index (χ1v) is 9.46. The van der Waals surface area contributed by atoms with Crippen LogP contribution in [-0.4, -0.2) is 37.4 Å². The molecule has 0 bridgehead atoms. The monoisotopic (exact) mass is 412 g/mol. The molecule has 3 rings (SSSR count). The average Bonchev–Trinajstić information content (AvgIpc) is 3.17. The zero-order valence-corrected chi connectivity index (χ0v) is 16.1. The highest BCUT2D eigenvalue weighted by molar-refractivity contribution is 7.99. The van der Waals surface area contributed by atoms with Gasteiger partial charge >= 0.3 is 12.2 Å². The van der Waals surface area contributed by atoms with Gasteiger partial charge in [-0.3, -0.25) is 0 Å². The lowest BCUT2D eigenvalue weighted by Crippen LogP contribution is -2.34. The van der Waals surface area contributed by atoms with Crippen molar-refractivity contribution in [2.45, 2.75) is 11.6 Å². The molecule has 1 atom stereocenters. The minimum Gasteiger partial charge on any atom is -0.497 e. The van der Waals surface area contributed by atoms with E-state index in [-0.39, 0.29) is 11.1 Å². The van der Waals surface area contributed by atoms with E-state index in [9.17, 15) is 18.0 Å². The van der Waals surface area contributed by atoms with Crippen LogP contribution < -0.4 is 14.8 Å². The van der Waals surface area contributed by atoms with Gasteiger partial charge in [0.25, 0.3) is 0 Å². The van der Waals surface area contributed by atoms with Crippen LogP contribution in [0.2, 0.25) is 0 Å². The molecule has 0 aliphatic carbocycles. The number of nitrogens with one attached hydrogen (secondary N) is 1. The summed E-state index contributed by atoms with van der Waals surface area (Å²) in [7, 11) is 3.08. The second kappa shape index (κ2) is 8.22. The van der Waals surface area contributed by atoms with Crippen LogP contribution in [0.5, 0.6) is 11.5 Å². The van der Waals surface area contributed by atoms with Gasteiger partial charge in [0.2, 0.25) is 0 Å². The van der Waals surface area contributed by atoms with Crippen molar-refractivity contribution in [3.63, 3.8) is 0 Å². The molecule has 5 nitrogen and oxygen atoms in total. The fourth-order valence-corrected chi connectivity index (χ4v) is 4.13. The molecule has 1 N–H and O–H groups in total. The lowest BCUT2D eigenvalue weighted by atomic mass is 10.1. The van der Waals surface area contributed by atoms with Gasteiger partial charge in [-0.05, 0) is 35.9 Å². The second-order valence-corrected chi connectivity index (χ2v) is 7.26. The van der Waals surface area contributed by atoms with E-state index in [0.717, 1.165) is 17.7 Å². The number of hydrogen-bond acceptors (Lipinski definition) is 4. The molecule has 1 saturated heterocycles. The molecule has 2 amide bonds. The van der Waals surface area contributed by atoms with Crippen LogP contribution in [0.4, 0.5) is 23.7 Å². The lowest BCUT2D eigenvalue weighted by Gasteiger charge is -2.25. The number of carbonyl (C=O) groups is 1. The summed E-state index contributed by atoms with van der Waals surface area (Å²) in [6, 6.07) is 9.48. The number of nitrogens with zero attached hydrogens (tertiary/aromatic N) is 1. The van der Waals surface area contributed by atoms with Crippen LogP contribution >= 0.6 is 11.8 Å². The molecule has 9 heteroatoms. The quantitative estimate of drug-likeness (QED) is 0.768. The Balaban J connectivity index is 1.81. The summed E-state index contributed by atoms with van der Waals surface area (Å²) in [5, 5.41) is 2.27. The standard InChI is InChI=1S/C19H19F3N2O3S/c1-26-15-8-12(9-16(11-15)27-2)17-24(6-7-28-17)18(25)23-14-5-3-4-13(10-14)19(20,21)22/h3-5,8-11,17H,6-7H2,1-2H3,(H,23,25). The molecular formula is C19H19F3N2O3S. The van der Waals surface area contributed by atoms with Crippen LogP contribution in [0.1, 0.15) is 16.5 Å². The smallest absolute Gasteiger partial charge is 0.416 e. The number of halogens is 3. The number of ether oxygens (including phenoxy) is 2. The normalized spacial score (nSPS) is 16.8. The molecule has 2 aromatic carbocycles. The van der Waals surface area contributed by atoms with Crippen molar-refractivity contribution in [2.24, 2.45) is 0 Å². The van der Waals surface area contributed by atoms with Gasteiger partial charge in [0.15, 0.2) is 0 Å². The van der Waals surface area contributed by atoms with Gasteiger partial charge in [-0.2, -0.15) is 13.2 Å². The third-order valence-corrected chi connectivity index (χ3v) is 5.51. The number of rotatable bonds is 4. The van der Waals surface area contributed by atoms with E-state index in [2.05, 4.69) is 5.32 Å². The van der Waals surface area contributed by atoms with Gasteiger partial charge < -0.3 is 19.7 Å². The largest absolute Gasteiger partial charge is 0.497 e. The summed E-state index contributed by atoms with van der Waals surface area (Å²) in [5.74, 6) is 1.90.